The maximum absolute atomic E-state index is 14.7. The molecule has 0 radical (unpaired) electrons. The topological polar surface area (TPSA) is 101 Å². The molecule has 2 fully saturated rings. The van der Waals surface area contributed by atoms with Crippen LogP contribution in [0.3, 0.4) is 0 Å². The number of hydrogen-bond acceptors (Lipinski definition) is 8. The summed E-state index contributed by atoms with van der Waals surface area (Å²) in [7, 11) is -3.85. The molecule has 13 heteroatoms. The first-order valence-electron chi connectivity index (χ1n) is 18.2. The standard InChI is InChI=1S/C40H47F3N4O5S/c1-5-53(49,50)36-23-32-34(24-35(36)52-26(2)3)45-38(29-12-9-13-30(22-29)40(41,42)43)33(37(32)39(48)44-27(4)28-10-7-6-8-11-28)25-46-16-14-31(15-17-46)47-18-20-51-21-19-47/h6-13,22-24,26-27,31H,5,14-21,25H2,1-4H3,(H,44,48)/t27-/m0/s1. The molecule has 9 nitrogen and oxygen atoms in total. The van der Waals surface area contributed by atoms with Crippen LogP contribution < -0.4 is 10.1 Å². The zero-order valence-corrected chi connectivity index (χ0v) is 31.4. The highest BCUT2D eigenvalue weighted by molar-refractivity contribution is 7.91. The van der Waals surface area contributed by atoms with Gasteiger partial charge >= 0.3 is 6.18 Å². The molecular formula is C40H47F3N4O5S. The van der Waals surface area contributed by atoms with Crippen molar-refractivity contribution >= 4 is 26.6 Å². The van der Waals surface area contributed by atoms with Gasteiger partial charge in [0.25, 0.3) is 5.91 Å². The number of rotatable bonds is 11. The second-order valence-corrected chi connectivity index (χ2v) is 16.3. The van der Waals surface area contributed by atoms with Gasteiger partial charge < -0.3 is 14.8 Å². The Balaban J connectivity index is 1.56. The van der Waals surface area contributed by atoms with Gasteiger partial charge in [0, 0.05) is 48.3 Å². The van der Waals surface area contributed by atoms with Gasteiger partial charge in [-0.25, -0.2) is 13.4 Å². The zero-order chi connectivity index (χ0) is 37.9. The van der Waals surface area contributed by atoms with E-state index in [9.17, 15) is 26.4 Å². The van der Waals surface area contributed by atoms with Crippen LogP contribution in [0.1, 0.15) is 73.6 Å². The number of aromatic nitrogens is 1. The second-order valence-electron chi connectivity index (χ2n) is 14.0. The van der Waals surface area contributed by atoms with Crippen LogP contribution in [-0.2, 0) is 27.3 Å². The fourth-order valence-corrected chi connectivity index (χ4v) is 8.27. The summed E-state index contributed by atoms with van der Waals surface area (Å²) in [6.45, 7) is 11.7. The first kappa shape index (κ1) is 38.7. The van der Waals surface area contributed by atoms with E-state index >= 15 is 0 Å². The molecule has 3 heterocycles. The minimum absolute atomic E-state index is 0.0683. The first-order chi connectivity index (χ1) is 25.2. The summed E-state index contributed by atoms with van der Waals surface area (Å²) in [6, 6.07) is 17.2. The Morgan fingerprint density at radius 3 is 2.32 bits per heavy atom. The van der Waals surface area contributed by atoms with Crippen LogP contribution >= 0.6 is 0 Å². The second kappa shape index (κ2) is 16.1. The molecule has 1 N–H and O–H groups in total. The molecule has 6 rings (SSSR count). The molecule has 0 aliphatic carbocycles. The molecule has 1 amide bonds. The van der Waals surface area contributed by atoms with Gasteiger partial charge in [-0.2, -0.15) is 13.2 Å². The molecule has 284 valence electrons. The number of amides is 1. The summed E-state index contributed by atoms with van der Waals surface area (Å²) in [6.07, 6.45) is -3.25. The molecule has 1 atom stereocenters. The van der Waals surface area contributed by atoms with E-state index in [-0.39, 0.29) is 50.7 Å². The van der Waals surface area contributed by atoms with E-state index in [0.29, 0.717) is 37.9 Å². The van der Waals surface area contributed by atoms with E-state index in [1.807, 2.05) is 37.3 Å². The number of likely N-dealkylation sites (tertiary alicyclic amines) is 1. The number of piperidine rings is 1. The van der Waals surface area contributed by atoms with Gasteiger partial charge in [0.2, 0.25) is 0 Å². The third kappa shape index (κ3) is 8.86. The molecule has 4 aromatic rings. The number of carbonyl (C=O) groups is 1. The van der Waals surface area contributed by atoms with Gasteiger partial charge in [0.15, 0.2) is 9.84 Å². The Kier molecular flexibility index (Phi) is 11.8. The number of nitrogens with zero attached hydrogens (tertiary/aromatic N) is 3. The van der Waals surface area contributed by atoms with E-state index in [4.69, 9.17) is 14.5 Å². The first-order valence-corrected chi connectivity index (χ1v) is 19.9. The number of sulfone groups is 1. The number of hydrogen-bond donors (Lipinski definition) is 1. The summed E-state index contributed by atoms with van der Waals surface area (Å²) < 4.78 is 80.9. The monoisotopic (exact) mass is 752 g/mol. The fourth-order valence-electron chi connectivity index (χ4n) is 7.25. The quantitative estimate of drug-likeness (QED) is 0.171. The van der Waals surface area contributed by atoms with Crippen molar-refractivity contribution < 1.29 is 35.9 Å². The Hall–Kier alpha value is -4.04. The Morgan fingerprint density at radius 1 is 0.981 bits per heavy atom. The predicted molar refractivity (Wildman–Crippen MR) is 199 cm³/mol. The summed E-state index contributed by atoms with van der Waals surface area (Å²) >= 11 is 0. The van der Waals surface area contributed by atoms with E-state index in [1.165, 1.54) is 25.1 Å². The Morgan fingerprint density at radius 2 is 1.68 bits per heavy atom. The Labute approximate surface area is 309 Å². The van der Waals surface area contributed by atoms with Gasteiger partial charge in [-0.3, -0.25) is 14.6 Å². The lowest BCUT2D eigenvalue weighted by atomic mass is 9.93. The number of morpholine rings is 1. The molecule has 0 bridgehead atoms. The largest absolute Gasteiger partial charge is 0.490 e. The predicted octanol–water partition coefficient (Wildman–Crippen LogP) is 7.29. The average Bonchev–Trinajstić information content (AvgIpc) is 3.14. The Bertz CT molecular complexity index is 2030. The van der Waals surface area contributed by atoms with E-state index in [2.05, 4.69) is 15.1 Å². The van der Waals surface area contributed by atoms with Crippen molar-refractivity contribution in [2.75, 3.05) is 45.1 Å². The lowest BCUT2D eigenvalue weighted by Crippen LogP contribution is -2.48. The molecule has 2 aliphatic rings. The molecule has 0 unspecified atom stereocenters. The highest BCUT2D eigenvalue weighted by Crippen LogP contribution is 2.39. The third-order valence-corrected chi connectivity index (χ3v) is 11.8. The summed E-state index contributed by atoms with van der Waals surface area (Å²) in [5, 5.41) is 3.38. The molecule has 0 spiro atoms. The van der Waals surface area contributed by atoms with Crippen molar-refractivity contribution in [2.45, 2.75) is 76.3 Å². The van der Waals surface area contributed by atoms with Gasteiger partial charge in [-0.05, 0) is 70.5 Å². The summed E-state index contributed by atoms with van der Waals surface area (Å²) in [4.78, 5) is 24.3. The molecule has 2 saturated heterocycles. The normalized spacial score (nSPS) is 17.3. The van der Waals surface area contributed by atoms with Gasteiger partial charge in [-0.15, -0.1) is 0 Å². The number of carbonyl (C=O) groups excluding carboxylic acids is 1. The minimum atomic E-state index is -4.61. The number of pyridine rings is 1. The van der Waals surface area contributed by atoms with Crippen molar-refractivity contribution in [3.63, 3.8) is 0 Å². The third-order valence-electron chi connectivity index (χ3n) is 10.1. The minimum Gasteiger partial charge on any atom is -0.490 e. The number of nitrogens with one attached hydrogen (secondary N) is 1. The zero-order valence-electron chi connectivity index (χ0n) is 30.6. The average molecular weight is 753 g/mol. The number of ether oxygens (including phenoxy) is 2. The lowest BCUT2D eigenvalue weighted by molar-refractivity contribution is -0.137. The van der Waals surface area contributed by atoms with Gasteiger partial charge in [0.05, 0.1) is 53.4 Å². The van der Waals surface area contributed by atoms with Gasteiger partial charge in [0.1, 0.15) is 10.6 Å². The van der Waals surface area contributed by atoms with Crippen LogP contribution in [0.15, 0.2) is 71.6 Å². The van der Waals surface area contributed by atoms with E-state index in [0.717, 1.165) is 43.6 Å². The van der Waals surface area contributed by atoms with E-state index < -0.39 is 39.6 Å². The fraction of sp³-hybridized carbons (Fsp3) is 0.450. The lowest BCUT2D eigenvalue weighted by Gasteiger charge is -2.40. The van der Waals surface area contributed by atoms with Crippen molar-refractivity contribution in [3.8, 4) is 17.0 Å². The van der Waals surface area contributed by atoms with Crippen LogP contribution in [-0.4, -0.2) is 86.4 Å². The molecule has 2 aliphatic heterocycles. The van der Waals surface area contributed by atoms with Crippen LogP contribution in [0.2, 0.25) is 0 Å². The number of halogens is 3. The van der Waals surface area contributed by atoms with Crippen molar-refractivity contribution in [1.29, 1.82) is 0 Å². The maximum Gasteiger partial charge on any atom is 0.416 e. The summed E-state index contributed by atoms with van der Waals surface area (Å²) in [5.41, 5.74) is 1.26. The SMILES string of the molecule is CCS(=O)(=O)c1cc2c(C(=O)N[C@@H](C)c3ccccc3)c(CN3CCC(N4CCOCC4)CC3)c(-c3cccc(C(F)(F)F)c3)nc2cc1OC(C)C. The van der Waals surface area contributed by atoms with E-state index in [1.54, 1.807) is 19.9 Å². The van der Waals surface area contributed by atoms with Crippen LogP contribution in [0.5, 0.6) is 5.75 Å². The van der Waals surface area contributed by atoms with Crippen molar-refractivity contribution in [3.05, 3.63) is 89.0 Å². The number of benzene rings is 3. The smallest absolute Gasteiger partial charge is 0.416 e. The van der Waals surface area contributed by atoms with Crippen molar-refractivity contribution in [1.82, 2.24) is 20.1 Å². The highest BCUT2D eigenvalue weighted by Gasteiger charge is 2.33. The highest BCUT2D eigenvalue weighted by atomic mass is 32.2. The summed E-state index contributed by atoms with van der Waals surface area (Å²) in [5.74, 6) is -0.628. The number of alkyl halides is 3. The molecule has 3 aromatic carbocycles. The van der Waals surface area contributed by atoms with Crippen LogP contribution in [0.25, 0.3) is 22.2 Å². The molecule has 1 aromatic heterocycles. The maximum atomic E-state index is 14.7. The molecule has 53 heavy (non-hydrogen) atoms. The van der Waals surface area contributed by atoms with Crippen molar-refractivity contribution in [2.24, 2.45) is 0 Å². The van der Waals surface area contributed by atoms with Gasteiger partial charge in [-0.1, -0.05) is 49.4 Å². The van der Waals surface area contributed by atoms with Crippen LogP contribution in [0, 0.1) is 0 Å². The number of fused-ring (bicyclic) bond motifs is 1. The molecule has 0 saturated carbocycles. The molecular weight excluding hydrogens is 706 g/mol. The van der Waals surface area contributed by atoms with Crippen LogP contribution in [0.4, 0.5) is 13.2 Å².